The maximum atomic E-state index is 5.79. The van der Waals surface area contributed by atoms with Gasteiger partial charge in [-0.3, -0.25) is 0 Å². The monoisotopic (exact) mass is 338 g/mol. The van der Waals surface area contributed by atoms with Crippen molar-refractivity contribution in [2.45, 2.75) is 29.4 Å². The van der Waals surface area contributed by atoms with Gasteiger partial charge in [-0.15, -0.1) is 0 Å². The third-order valence-electron chi connectivity index (χ3n) is 1.59. The minimum Gasteiger partial charge on any atom is -0.0840 e. The summed E-state index contributed by atoms with van der Waals surface area (Å²) in [5, 5.41) is 0. The van der Waals surface area contributed by atoms with Gasteiger partial charge in [-0.25, -0.2) is 0 Å². The van der Waals surface area contributed by atoms with Gasteiger partial charge in [-0.05, 0) is 41.3 Å². The summed E-state index contributed by atoms with van der Waals surface area (Å²) in [6, 6.07) is 0. The van der Waals surface area contributed by atoms with E-state index in [0.29, 0.717) is 4.49 Å². The summed E-state index contributed by atoms with van der Waals surface area (Å²) in [4.78, 5) is 0. The maximum absolute atomic E-state index is 5.79. The predicted octanol–water partition coefficient (Wildman–Crippen LogP) is 5.95. The van der Waals surface area contributed by atoms with Crippen LogP contribution in [0.1, 0.15) is 26.2 Å². The van der Waals surface area contributed by atoms with Crippen molar-refractivity contribution in [3.8, 4) is 0 Å². The van der Waals surface area contributed by atoms with Crippen LogP contribution in [0.2, 0.25) is 0 Å². The lowest BCUT2D eigenvalue weighted by Gasteiger charge is -2.09. The van der Waals surface area contributed by atoms with Gasteiger partial charge >= 0.3 is 0 Å². The van der Waals surface area contributed by atoms with Crippen molar-refractivity contribution < 1.29 is 0 Å². The van der Waals surface area contributed by atoms with Crippen molar-refractivity contribution in [3.63, 3.8) is 0 Å². The molecular formula is C9H11BrCl4. The molecule has 14 heavy (non-hydrogen) atoms. The van der Waals surface area contributed by atoms with Crippen LogP contribution in [0.4, 0.5) is 0 Å². The van der Waals surface area contributed by atoms with E-state index in [1.165, 1.54) is 0 Å². The molecule has 0 aromatic carbocycles. The highest BCUT2D eigenvalue weighted by atomic mass is 79.9. The Labute approximate surface area is 113 Å². The van der Waals surface area contributed by atoms with Crippen LogP contribution >= 0.6 is 62.3 Å². The van der Waals surface area contributed by atoms with E-state index >= 15 is 0 Å². The van der Waals surface area contributed by atoms with Gasteiger partial charge in [0.25, 0.3) is 0 Å². The van der Waals surface area contributed by atoms with Crippen molar-refractivity contribution in [2.75, 3.05) is 0 Å². The number of allylic oxidation sites excluding steroid dienone is 3. The zero-order valence-corrected chi connectivity index (χ0v) is 12.3. The number of halogens is 5. The van der Waals surface area contributed by atoms with Crippen LogP contribution in [0.15, 0.2) is 22.2 Å². The topological polar surface area (TPSA) is 0 Å². The Morgan fingerprint density at radius 2 is 1.93 bits per heavy atom. The fourth-order valence-corrected chi connectivity index (χ4v) is 1.80. The van der Waals surface area contributed by atoms with Gasteiger partial charge in [-0.2, -0.15) is 0 Å². The Hall–Kier alpha value is 1.12. The third-order valence-corrected chi connectivity index (χ3v) is 2.34. The van der Waals surface area contributed by atoms with Gasteiger partial charge < -0.3 is 0 Å². The van der Waals surface area contributed by atoms with E-state index in [1.807, 2.05) is 6.92 Å². The Bertz CT molecular complexity index is 223. The molecule has 0 aromatic rings. The molecule has 0 aliphatic heterocycles. The molecule has 0 aliphatic rings. The molecule has 5 heteroatoms. The van der Waals surface area contributed by atoms with Crippen molar-refractivity contribution in [1.82, 2.24) is 0 Å². The van der Waals surface area contributed by atoms with Crippen LogP contribution in [0, 0.1) is 0 Å². The van der Waals surface area contributed by atoms with Gasteiger partial charge in [0.1, 0.15) is 4.49 Å². The summed E-state index contributed by atoms with van der Waals surface area (Å²) in [5.74, 6) is 0. The van der Waals surface area contributed by atoms with Crippen LogP contribution in [0.3, 0.4) is 0 Å². The quantitative estimate of drug-likeness (QED) is 0.428. The lowest BCUT2D eigenvalue weighted by atomic mass is 10.1. The number of rotatable bonds is 5. The molecule has 0 nitrogen and oxygen atoms in total. The Kier molecular flexibility index (Phi) is 7.99. The van der Waals surface area contributed by atoms with Crippen LogP contribution in [0.25, 0.3) is 0 Å². The molecule has 0 aromatic heterocycles. The Morgan fingerprint density at radius 1 is 1.36 bits per heavy atom. The van der Waals surface area contributed by atoms with Crippen LogP contribution in [0.5, 0.6) is 0 Å². The predicted molar refractivity (Wildman–Crippen MR) is 70.8 cm³/mol. The first-order valence-corrected chi connectivity index (χ1v) is 6.44. The highest BCUT2D eigenvalue weighted by molar-refractivity contribution is 9.11. The maximum Gasteiger partial charge on any atom is 0.190 e. The lowest BCUT2D eigenvalue weighted by molar-refractivity contribution is 0.901. The van der Waals surface area contributed by atoms with Gasteiger partial charge in [0.05, 0.1) is 0 Å². The summed E-state index contributed by atoms with van der Waals surface area (Å²) in [6.45, 7) is 2.05. The van der Waals surface area contributed by atoms with E-state index in [4.69, 9.17) is 46.4 Å². The molecule has 0 fully saturated rings. The molecule has 0 saturated heterocycles. The number of hydrogen-bond acceptors (Lipinski definition) is 0. The summed E-state index contributed by atoms with van der Waals surface area (Å²) < 4.78 is -0.686. The van der Waals surface area contributed by atoms with E-state index in [1.54, 1.807) is 12.2 Å². The number of alkyl halides is 3. The molecule has 0 unspecified atom stereocenters. The minimum absolute atomic E-state index is 0.294. The first-order chi connectivity index (χ1) is 6.35. The van der Waals surface area contributed by atoms with Crippen molar-refractivity contribution >= 4 is 62.3 Å². The summed E-state index contributed by atoms with van der Waals surface area (Å²) >= 11 is 25.7. The fourth-order valence-electron chi connectivity index (χ4n) is 0.949. The molecule has 82 valence electrons. The molecule has 0 atom stereocenters. The second kappa shape index (κ2) is 7.40. The standard InChI is InChI=1S/C9H11BrCl4/c1-2-7(6-9(10,13)14)4-3-5-8(11)12/h5-6H,2-4H2,1H3. The highest BCUT2D eigenvalue weighted by Crippen LogP contribution is 2.32. The van der Waals surface area contributed by atoms with E-state index in [9.17, 15) is 0 Å². The van der Waals surface area contributed by atoms with E-state index in [0.717, 1.165) is 24.8 Å². The molecular weight excluding hydrogens is 330 g/mol. The molecule has 0 spiro atoms. The molecule has 0 radical (unpaired) electrons. The van der Waals surface area contributed by atoms with E-state index in [2.05, 4.69) is 15.9 Å². The van der Waals surface area contributed by atoms with Gasteiger partial charge in [0.15, 0.2) is 3.24 Å². The zero-order valence-electron chi connectivity index (χ0n) is 7.67. The lowest BCUT2D eigenvalue weighted by Crippen LogP contribution is -1.97. The first kappa shape index (κ1) is 15.1. The van der Waals surface area contributed by atoms with Gasteiger partial charge in [0, 0.05) is 0 Å². The largest absolute Gasteiger partial charge is 0.190 e. The fraction of sp³-hybridized carbons (Fsp3) is 0.556. The van der Waals surface area contributed by atoms with Crippen LogP contribution < -0.4 is 0 Å². The van der Waals surface area contributed by atoms with E-state index in [-0.39, 0.29) is 0 Å². The summed E-state index contributed by atoms with van der Waals surface area (Å²) in [7, 11) is 0. The van der Waals surface area contributed by atoms with Gasteiger partial charge in [0.2, 0.25) is 0 Å². The van der Waals surface area contributed by atoms with E-state index < -0.39 is 3.24 Å². The SMILES string of the molecule is CCC(=CC(Cl)(Cl)Br)CCC=C(Cl)Cl. The molecule has 0 saturated carbocycles. The van der Waals surface area contributed by atoms with Crippen molar-refractivity contribution in [1.29, 1.82) is 0 Å². The minimum atomic E-state index is -0.979. The summed E-state index contributed by atoms with van der Waals surface area (Å²) in [6.07, 6.45) is 6.09. The number of hydrogen-bond donors (Lipinski definition) is 0. The molecule has 0 bridgehead atoms. The van der Waals surface area contributed by atoms with Crippen molar-refractivity contribution in [3.05, 3.63) is 22.2 Å². The molecule has 0 N–H and O–H groups in total. The van der Waals surface area contributed by atoms with Crippen LogP contribution in [-0.2, 0) is 0 Å². The highest BCUT2D eigenvalue weighted by Gasteiger charge is 2.15. The molecule has 0 heterocycles. The van der Waals surface area contributed by atoms with Crippen molar-refractivity contribution in [2.24, 2.45) is 0 Å². The van der Waals surface area contributed by atoms with Crippen LogP contribution in [-0.4, -0.2) is 3.24 Å². The molecule has 0 rings (SSSR count). The average molecular weight is 341 g/mol. The average Bonchev–Trinajstić information content (AvgIpc) is 1.99. The second-order valence-electron chi connectivity index (χ2n) is 2.73. The zero-order chi connectivity index (χ0) is 11.2. The normalized spacial score (nSPS) is 12.9. The molecule has 0 aliphatic carbocycles. The molecule has 0 amide bonds. The Balaban J connectivity index is 4.17. The Morgan fingerprint density at radius 3 is 2.29 bits per heavy atom. The van der Waals surface area contributed by atoms with Gasteiger partial charge in [-0.1, -0.05) is 65.0 Å². The second-order valence-corrected chi connectivity index (χ2v) is 7.29. The summed E-state index contributed by atoms with van der Waals surface area (Å²) in [5.41, 5.74) is 1.16. The first-order valence-electron chi connectivity index (χ1n) is 4.13. The third kappa shape index (κ3) is 9.67. The smallest absolute Gasteiger partial charge is 0.0840 e.